The van der Waals surface area contributed by atoms with Crippen molar-refractivity contribution in [2.75, 3.05) is 13.1 Å². The van der Waals surface area contributed by atoms with Crippen LogP contribution in [0.4, 0.5) is 0 Å². The van der Waals surface area contributed by atoms with E-state index < -0.39 is 0 Å². The maximum atomic E-state index is 5.98. The van der Waals surface area contributed by atoms with Gasteiger partial charge in [0.25, 0.3) is 0 Å². The maximum absolute atomic E-state index is 5.98. The molecule has 0 bridgehead atoms. The van der Waals surface area contributed by atoms with Crippen molar-refractivity contribution in [2.24, 2.45) is 11.7 Å². The smallest absolute Gasteiger partial charge is 0.121 e. The van der Waals surface area contributed by atoms with E-state index in [0.717, 1.165) is 24.6 Å². The van der Waals surface area contributed by atoms with Gasteiger partial charge in [-0.1, -0.05) is 0 Å². The van der Waals surface area contributed by atoms with E-state index in [1.165, 1.54) is 0 Å². The standard InChI is InChI=1S/C9H14N2O/c1-6-2-3-8(12-6)9(10)7-4-11-5-7/h2-3,7,9,11H,4-5,10H2,1H3. The van der Waals surface area contributed by atoms with Crippen molar-refractivity contribution in [3.8, 4) is 0 Å². The topological polar surface area (TPSA) is 51.2 Å². The minimum absolute atomic E-state index is 0.0694. The molecule has 3 N–H and O–H groups in total. The Morgan fingerprint density at radius 2 is 2.33 bits per heavy atom. The lowest BCUT2D eigenvalue weighted by atomic mass is 9.93. The second-order valence-corrected chi connectivity index (χ2v) is 3.39. The van der Waals surface area contributed by atoms with Gasteiger partial charge in [-0.2, -0.15) is 0 Å². The molecule has 1 unspecified atom stereocenters. The highest BCUT2D eigenvalue weighted by molar-refractivity contribution is 5.11. The molecule has 12 heavy (non-hydrogen) atoms. The first kappa shape index (κ1) is 7.83. The lowest BCUT2D eigenvalue weighted by Gasteiger charge is -2.31. The summed E-state index contributed by atoms with van der Waals surface area (Å²) in [6.45, 7) is 3.97. The predicted molar refractivity (Wildman–Crippen MR) is 46.7 cm³/mol. The zero-order chi connectivity index (χ0) is 8.55. The van der Waals surface area contributed by atoms with Crippen LogP contribution in [0.1, 0.15) is 17.6 Å². The Bertz CT molecular complexity index is 265. The molecule has 0 saturated carbocycles. The molecule has 0 aromatic carbocycles. The summed E-state index contributed by atoms with van der Waals surface area (Å²) in [7, 11) is 0. The summed E-state index contributed by atoms with van der Waals surface area (Å²) < 4.78 is 5.45. The molecule has 1 aliphatic heterocycles. The first-order chi connectivity index (χ1) is 5.77. The molecule has 1 atom stereocenters. The maximum Gasteiger partial charge on any atom is 0.121 e. The van der Waals surface area contributed by atoms with Crippen molar-refractivity contribution in [1.82, 2.24) is 5.32 Å². The molecule has 1 saturated heterocycles. The van der Waals surface area contributed by atoms with Gasteiger partial charge >= 0.3 is 0 Å². The van der Waals surface area contributed by atoms with E-state index in [2.05, 4.69) is 5.32 Å². The molecule has 66 valence electrons. The summed E-state index contributed by atoms with van der Waals surface area (Å²) in [6, 6.07) is 4.00. The number of nitrogens with two attached hydrogens (primary N) is 1. The zero-order valence-corrected chi connectivity index (χ0v) is 7.21. The third-order valence-electron chi connectivity index (χ3n) is 2.41. The fraction of sp³-hybridized carbons (Fsp3) is 0.556. The van der Waals surface area contributed by atoms with Crippen molar-refractivity contribution >= 4 is 0 Å². The minimum atomic E-state index is 0.0694. The van der Waals surface area contributed by atoms with E-state index in [0.29, 0.717) is 5.92 Å². The number of hydrogen-bond donors (Lipinski definition) is 2. The Hall–Kier alpha value is -0.800. The normalized spacial score (nSPS) is 20.5. The van der Waals surface area contributed by atoms with E-state index >= 15 is 0 Å². The van der Waals surface area contributed by atoms with Crippen molar-refractivity contribution < 1.29 is 4.42 Å². The van der Waals surface area contributed by atoms with Crippen molar-refractivity contribution in [3.05, 3.63) is 23.7 Å². The van der Waals surface area contributed by atoms with E-state index in [4.69, 9.17) is 10.2 Å². The third kappa shape index (κ3) is 1.26. The molecule has 1 fully saturated rings. The highest BCUT2D eigenvalue weighted by Gasteiger charge is 2.26. The first-order valence-electron chi connectivity index (χ1n) is 4.30. The van der Waals surface area contributed by atoms with Gasteiger partial charge in [-0.3, -0.25) is 0 Å². The number of furan rings is 1. The third-order valence-corrected chi connectivity index (χ3v) is 2.41. The summed E-state index contributed by atoms with van der Waals surface area (Å²) in [4.78, 5) is 0. The fourth-order valence-electron chi connectivity index (χ4n) is 1.43. The molecule has 0 radical (unpaired) electrons. The van der Waals surface area contributed by atoms with Gasteiger partial charge in [0.15, 0.2) is 0 Å². The molecule has 2 rings (SSSR count). The minimum Gasteiger partial charge on any atom is -0.465 e. The molecule has 3 nitrogen and oxygen atoms in total. The number of rotatable bonds is 2. The molecule has 2 heterocycles. The SMILES string of the molecule is Cc1ccc(C(N)C2CNC2)o1. The van der Waals surface area contributed by atoms with Crippen LogP contribution < -0.4 is 11.1 Å². The van der Waals surface area contributed by atoms with Crippen LogP contribution in [0.25, 0.3) is 0 Å². The van der Waals surface area contributed by atoms with Crippen LogP contribution in [0.15, 0.2) is 16.5 Å². The first-order valence-corrected chi connectivity index (χ1v) is 4.30. The summed E-state index contributed by atoms with van der Waals surface area (Å²) in [6.07, 6.45) is 0. The zero-order valence-electron chi connectivity index (χ0n) is 7.21. The van der Waals surface area contributed by atoms with E-state index in [1.807, 2.05) is 19.1 Å². The lowest BCUT2D eigenvalue weighted by molar-refractivity contribution is 0.266. The average Bonchev–Trinajstić information content (AvgIpc) is 2.31. The Kier molecular flexibility index (Phi) is 1.90. The van der Waals surface area contributed by atoms with Gasteiger partial charge in [-0.25, -0.2) is 0 Å². The molecular weight excluding hydrogens is 152 g/mol. The van der Waals surface area contributed by atoms with Crippen LogP contribution in [-0.2, 0) is 0 Å². The van der Waals surface area contributed by atoms with Gasteiger partial charge in [0.1, 0.15) is 11.5 Å². The van der Waals surface area contributed by atoms with E-state index in [1.54, 1.807) is 0 Å². The van der Waals surface area contributed by atoms with Gasteiger partial charge in [-0.15, -0.1) is 0 Å². The van der Waals surface area contributed by atoms with Crippen molar-refractivity contribution in [1.29, 1.82) is 0 Å². The van der Waals surface area contributed by atoms with Gasteiger partial charge in [0, 0.05) is 19.0 Å². The second kappa shape index (κ2) is 2.92. The molecular formula is C9H14N2O. The average molecular weight is 166 g/mol. The fourth-order valence-corrected chi connectivity index (χ4v) is 1.43. The summed E-state index contributed by atoms with van der Waals surface area (Å²) in [5.74, 6) is 2.40. The monoisotopic (exact) mass is 166 g/mol. The van der Waals surface area contributed by atoms with Gasteiger partial charge in [0.2, 0.25) is 0 Å². The van der Waals surface area contributed by atoms with Crippen LogP contribution in [0.3, 0.4) is 0 Å². The Morgan fingerprint density at radius 3 is 2.75 bits per heavy atom. The highest BCUT2D eigenvalue weighted by Crippen LogP contribution is 2.23. The Balaban J connectivity index is 2.08. The summed E-state index contributed by atoms with van der Waals surface area (Å²) in [5.41, 5.74) is 5.98. The molecule has 0 aliphatic carbocycles. The van der Waals surface area contributed by atoms with Crippen molar-refractivity contribution in [2.45, 2.75) is 13.0 Å². The Morgan fingerprint density at radius 1 is 1.58 bits per heavy atom. The van der Waals surface area contributed by atoms with Crippen LogP contribution in [0, 0.1) is 12.8 Å². The van der Waals surface area contributed by atoms with Gasteiger partial charge in [-0.05, 0) is 19.1 Å². The molecule has 0 amide bonds. The number of aryl methyl sites for hydroxylation is 1. The van der Waals surface area contributed by atoms with Crippen LogP contribution in [0.5, 0.6) is 0 Å². The van der Waals surface area contributed by atoms with E-state index in [-0.39, 0.29) is 6.04 Å². The van der Waals surface area contributed by atoms with Gasteiger partial charge < -0.3 is 15.5 Å². The number of hydrogen-bond acceptors (Lipinski definition) is 3. The molecule has 1 aromatic rings. The van der Waals surface area contributed by atoms with Gasteiger partial charge in [0.05, 0.1) is 6.04 Å². The highest BCUT2D eigenvalue weighted by atomic mass is 16.3. The van der Waals surface area contributed by atoms with Crippen LogP contribution in [-0.4, -0.2) is 13.1 Å². The predicted octanol–water partition coefficient (Wildman–Crippen LogP) is 0.807. The molecule has 1 aliphatic rings. The Labute approximate surface area is 71.9 Å². The quantitative estimate of drug-likeness (QED) is 0.683. The largest absolute Gasteiger partial charge is 0.465 e. The number of nitrogens with one attached hydrogen (secondary N) is 1. The van der Waals surface area contributed by atoms with Crippen LogP contribution in [0.2, 0.25) is 0 Å². The second-order valence-electron chi connectivity index (χ2n) is 3.39. The molecule has 3 heteroatoms. The molecule has 1 aromatic heterocycles. The lowest BCUT2D eigenvalue weighted by Crippen LogP contribution is -2.47. The molecule has 0 spiro atoms. The van der Waals surface area contributed by atoms with Crippen molar-refractivity contribution in [3.63, 3.8) is 0 Å². The van der Waals surface area contributed by atoms with Crippen LogP contribution >= 0.6 is 0 Å². The summed E-state index contributed by atoms with van der Waals surface area (Å²) in [5, 5.41) is 3.20. The van der Waals surface area contributed by atoms with E-state index in [9.17, 15) is 0 Å². The summed E-state index contributed by atoms with van der Waals surface area (Å²) >= 11 is 0.